The summed E-state index contributed by atoms with van der Waals surface area (Å²) in [5, 5.41) is 0. The van der Waals surface area contributed by atoms with E-state index in [2.05, 4.69) is 9.71 Å². The lowest BCUT2D eigenvalue weighted by atomic mass is 10.1. The number of benzene rings is 1. The zero-order valence-electron chi connectivity index (χ0n) is 14.0. The van der Waals surface area contributed by atoms with Crippen molar-refractivity contribution >= 4 is 10.0 Å². The summed E-state index contributed by atoms with van der Waals surface area (Å²) in [4.78, 5) is 4.63. The van der Waals surface area contributed by atoms with Crippen LogP contribution in [0.2, 0.25) is 0 Å². The predicted molar refractivity (Wildman–Crippen MR) is 91.1 cm³/mol. The van der Waals surface area contributed by atoms with Crippen molar-refractivity contribution in [3.05, 3.63) is 48.0 Å². The van der Waals surface area contributed by atoms with Gasteiger partial charge in [-0.25, -0.2) is 18.1 Å². The van der Waals surface area contributed by atoms with Gasteiger partial charge < -0.3 is 9.30 Å². The molecule has 0 saturated carbocycles. The lowest BCUT2D eigenvalue weighted by Gasteiger charge is -2.20. The van der Waals surface area contributed by atoms with E-state index in [9.17, 15) is 8.42 Å². The van der Waals surface area contributed by atoms with Gasteiger partial charge in [-0.2, -0.15) is 0 Å². The maximum Gasteiger partial charge on any atom is 0.240 e. The van der Waals surface area contributed by atoms with Gasteiger partial charge >= 0.3 is 0 Å². The van der Waals surface area contributed by atoms with Gasteiger partial charge in [-0.3, -0.25) is 0 Å². The molecule has 1 aliphatic rings. The molecule has 3 rings (SSSR count). The van der Waals surface area contributed by atoms with Crippen LogP contribution in [0.3, 0.4) is 0 Å². The molecule has 130 valence electrons. The summed E-state index contributed by atoms with van der Waals surface area (Å²) in [7, 11) is -3.58. The number of imidazole rings is 1. The molecule has 2 atom stereocenters. The number of sulfonamides is 1. The van der Waals surface area contributed by atoms with Gasteiger partial charge in [0.15, 0.2) is 0 Å². The fraction of sp³-hybridized carbons (Fsp3) is 0.471. The van der Waals surface area contributed by atoms with Crippen LogP contribution in [-0.2, 0) is 27.7 Å². The Balaban J connectivity index is 1.80. The number of hydrogen-bond acceptors (Lipinski definition) is 4. The Kier molecular flexibility index (Phi) is 5.03. The van der Waals surface area contributed by atoms with E-state index in [1.807, 2.05) is 36.7 Å². The van der Waals surface area contributed by atoms with Crippen LogP contribution in [0, 0.1) is 0 Å². The van der Waals surface area contributed by atoms with Gasteiger partial charge in [-0.05, 0) is 37.5 Å². The van der Waals surface area contributed by atoms with Gasteiger partial charge in [0.1, 0.15) is 11.9 Å². The number of nitrogens with one attached hydrogen (secondary N) is 1. The second-order valence-corrected chi connectivity index (χ2v) is 7.59. The lowest BCUT2D eigenvalue weighted by molar-refractivity contribution is 0.0925. The normalized spacial score (nSPS) is 21.2. The van der Waals surface area contributed by atoms with Crippen LogP contribution in [0.15, 0.2) is 41.6 Å². The minimum Gasteiger partial charge on any atom is -0.369 e. The van der Waals surface area contributed by atoms with Crippen LogP contribution in [0.4, 0.5) is 0 Å². The molecule has 2 aromatic rings. The van der Waals surface area contributed by atoms with Crippen molar-refractivity contribution in [1.29, 1.82) is 0 Å². The Bertz CT molecular complexity index is 784. The molecule has 7 heteroatoms. The van der Waals surface area contributed by atoms with E-state index in [0.717, 1.165) is 24.4 Å². The molecular formula is C17H23N3O3S. The smallest absolute Gasteiger partial charge is 0.240 e. The molecule has 1 N–H and O–H groups in total. The lowest BCUT2D eigenvalue weighted by Crippen LogP contribution is -2.37. The van der Waals surface area contributed by atoms with E-state index in [4.69, 9.17) is 4.74 Å². The third-order valence-corrected chi connectivity index (χ3v) is 5.89. The topological polar surface area (TPSA) is 73.2 Å². The van der Waals surface area contributed by atoms with Crippen LogP contribution in [0.5, 0.6) is 0 Å². The van der Waals surface area contributed by atoms with Crippen LogP contribution in [0.1, 0.15) is 37.8 Å². The monoisotopic (exact) mass is 349 g/mol. The van der Waals surface area contributed by atoms with Crippen molar-refractivity contribution in [3.8, 4) is 0 Å². The fourth-order valence-corrected chi connectivity index (χ4v) is 4.25. The SMILES string of the molecule is CCc1ccc(S(=O)(=O)N[C@@H]2CCO[C@H]2c2nccn2CC)cc1. The zero-order valence-corrected chi connectivity index (χ0v) is 14.8. The van der Waals surface area contributed by atoms with E-state index in [1.54, 1.807) is 18.3 Å². The first-order valence-corrected chi connectivity index (χ1v) is 9.77. The largest absolute Gasteiger partial charge is 0.369 e. The second kappa shape index (κ2) is 7.04. The molecule has 2 heterocycles. The van der Waals surface area contributed by atoms with Gasteiger partial charge in [0.25, 0.3) is 0 Å². The first-order chi connectivity index (χ1) is 11.5. The predicted octanol–water partition coefficient (Wildman–Crippen LogP) is 2.27. The van der Waals surface area contributed by atoms with Crippen LogP contribution in [0.25, 0.3) is 0 Å². The van der Waals surface area contributed by atoms with Gasteiger partial charge in [0, 0.05) is 25.5 Å². The summed E-state index contributed by atoms with van der Waals surface area (Å²) in [6.45, 7) is 5.35. The van der Waals surface area contributed by atoms with Crippen molar-refractivity contribution in [2.45, 2.75) is 50.3 Å². The average Bonchev–Trinajstić information content (AvgIpc) is 3.22. The van der Waals surface area contributed by atoms with Gasteiger partial charge in [0.2, 0.25) is 10.0 Å². The molecule has 1 aliphatic heterocycles. The van der Waals surface area contributed by atoms with Crippen molar-refractivity contribution < 1.29 is 13.2 Å². The summed E-state index contributed by atoms with van der Waals surface area (Å²) in [5.41, 5.74) is 1.11. The molecule has 0 radical (unpaired) electrons. The first-order valence-electron chi connectivity index (χ1n) is 8.29. The maximum absolute atomic E-state index is 12.7. The molecule has 6 nitrogen and oxygen atoms in total. The van der Waals surface area contributed by atoms with E-state index in [0.29, 0.717) is 13.0 Å². The number of ether oxygens (including phenoxy) is 1. The Hall–Kier alpha value is -1.70. The Morgan fingerprint density at radius 2 is 2.04 bits per heavy atom. The minimum atomic E-state index is -3.58. The zero-order chi connectivity index (χ0) is 17.2. The Morgan fingerprint density at radius 1 is 1.29 bits per heavy atom. The van der Waals surface area contributed by atoms with E-state index in [-0.39, 0.29) is 17.0 Å². The quantitative estimate of drug-likeness (QED) is 0.868. The van der Waals surface area contributed by atoms with Gasteiger partial charge in [-0.15, -0.1) is 0 Å². The van der Waals surface area contributed by atoms with Gasteiger partial charge in [-0.1, -0.05) is 19.1 Å². The number of aryl methyl sites for hydroxylation is 2. The highest BCUT2D eigenvalue weighted by Crippen LogP contribution is 2.29. The number of nitrogens with zero attached hydrogens (tertiary/aromatic N) is 2. The number of aromatic nitrogens is 2. The molecule has 1 aromatic heterocycles. The summed E-state index contributed by atoms with van der Waals surface area (Å²) >= 11 is 0. The van der Waals surface area contributed by atoms with Crippen molar-refractivity contribution in [3.63, 3.8) is 0 Å². The molecule has 24 heavy (non-hydrogen) atoms. The van der Waals surface area contributed by atoms with Crippen LogP contribution in [-0.4, -0.2) is 30.6 Å². The van der Waals surface area contributed by atoms with Crippen LogP contribution >= 0.6 is 0 Å². The molecule has 0 amide bonds. The summed E-state index contributed by atoms with van der Waals surface area (Å²) < 4.78 is 35.9. The maximum atomic E-state index is 12.7. The third-order valence-electron chi connectivity index (χ3n) is 4.38. The molecule has 0 bridgehead atoms. The summed E-state index contributed by atoms with van der Waals surface area (Å²) in [5.74, 6) is 0.768. The average molecular weight is 349 g/mol. The molecule has 1 aromatic carbocycles. The fourth-order valence-electron chi connectivity index (χ4n) is 2.98. The summed E-state index contributed by atoms with van der Waals surface area (Å²) in [6.07, 6.45) is 4.76. The molecular weight excluding hydrogens is 326 g/mol. The molecule has 1 fully saturated rings. The Morgan fingerprint density at radius 3 is 2.71 bits per heavy atom. The molecule has 0 unspecified atom stereocenters. The van der Waals surface area contributed by atoms with E-state index in [1.165, 1.54) is 0 Å². The van der Waals surface area contributed by atoms with Crippen LogP contribution < -0.4 is 4.72 Å². The van der Waals surface area contributed by atoms with Crippen molar-refractivity contribution in [1.82, 2.24) is 14.3 Å². The van der Waals surface area contributed by atoms with Gasteiger partial charge in [0.05, 0.1) is 10.9 Å². The third kappa shape index (κ3) is 3.38. The van der Waals surface area contributed by atoms with Crippen molar-refractivity contribution in [2.75, 3.05) is 6.61 Å². The first kappa shape index (κ1) is 17.1. The van der Waals surface area contributed by atoms with E-state index < -0.39 is 10.0 Å². The second-order valence-electron chi connectivity index (χ2n) is 5.88. The molecule has 0 spiro atoms. The number of rotatable bonds is 6. The molecule has 0 aliphatic carbocycles. The molecule has 1 saturated heterocycles. The summed E-state index contributed by atoms with van der Waals surface area (Å²) in [6, 6.07) is 6.69. The van der Waals surface area contributed by atoms with E-state index >= 15 is 0 Å². The highest BCUT2D eigenvalue weighted by Gasteiger charge is 2.35. The Labute approximate surface area is 142 Å². The minimum absolute atomic E-state index is 0.282. The highest BCUT2D eigenvalue weighted by molar-refractivity contribution is 7.89. The van der Waals surface area contributed by atoms with Crippen molar-refractivity contribution in [2.24, 2.45) is 0 Å². The standard InChI is InChI=1S/C17H23N3O3S/c1-3-13-5-7-14(8-6-13)24(21,22)19-15-9-12-23-16(15)17-18-10-11-20(17)4-2/h5-8,10-11,15-16,19H,3-4,9,12H2,1-2H3/t15-,16-/m1/s1. The number of hydrogen-bond donors (Lipinski definition) is 1. The highest BCUT2D eigenvalue weighted by atomic mass is 32.2.